The third-order valence-electron chi connectivity index (χ3n) is 11.1. The number of aromatic nitrogens is 2. The number of rotatable bonds is 2. The van der Waals surface area contributed by atoms with Gasteiger partial charge in [-0.15, -0.1) is 0 Å². The van der Waals surface area contributed by atoms with E-state index in [1.807, 2.05) is 30.3 Å². The fourth-order valence-corrected chi connectivity index (χ4v) is 8.81. The second-order valence-corrected chi connectivity index (χ2v) is 14.1. The Morgan fingerprint density at radius 2 is 1.10 bits per heavy atom. The summed E-state index contributed by atoms with van der Waals surface area (Å²) < 4.78 is 10.5. The van der Waals surface area contributed by atoms with Crippen LogP contribution in [0.1, 0.15) is 25.0 Å². The average molecular weight is 643 g/mol. The van der Waals surface area contributed by atoms with Gasteiger partial charge in [-0.1, -0.05) is 92.7 Å². The van der Waals surface area contributed by atoms with E-state index in [0.29, 0.717) is 11.0 Å². The van der Waals surface area contributed by atoms with Crippen LogP contribution >= 0.6 is 0 Å². The molecule has 0 saturated carbocycles. The summed E-state index contributed by atoms with van der Waals surface area (Å²) in [4.78, 5) is 13.4. The first-order chi connectivity index (χ1) is 24.5. The van der Waals surface area contributed by atoms with Crippen LogP contribution in [0.2, 0.25) is 0 Å². The van der Waals surface area contributed by atoms with Gasteiger partial charge in [-0.05, 0) is 89.0 Å². The monoisotopic (exact) mass is 642 g/mol. The number of nitrogens with zero attached hydrogens (tertiary/aromatic N) is 2. The fourth-order valence-electron chi connectivity index (χ4n) is 8.81. The van der Waals surface area contributed by atoms with Crippen molar-refractivity contribution in [3.8, 4) is 22.5 Å². The summed E-state index contributed by atoms with van der Waals surface area (Å²) in [5.41, 5.74) is 12.1. The Morgan fingerprint density at radius 1 is 0.440 bits per heavy atom. The quantitative estimate of drug-likeness (QED) is 0.139. The third kappa shape index (κ3) is 3.52. The number of benzene rings is 7. The first kappa shape index (κ1) is 27.5. The third-order valence-corrected chi connectivity index (χ3v) is 11.1. The molecule has 0 unspecified atom stereocenters. The molecule has 0 spiro atoms. The van der Waals surface area contributed by atoms with Crippen molar-refractivity contribution in [1.29, 1.82) is 0 Å². The molecule has 11 rings (SSSR count). The molecular weight excluding hydrogens is 613 g/mol. The zero-order chi connectivity index (χ0) is 33.3. The van der Waals surface area contributed by atoms with Gasteiger partial charge in [-0.3, -0.25) is 0 Å². The molecular formula is C46H30N2O2. The summed E-state index contributed by atoms with van der Waals surface area (Å²) in [6.45, 7) is 4.68. The van der Waals surface area contributed by atoms with Crippen LogP contribution in [0.25, 0.3) is 87.9 Å². The number of fused-ring (bicyclic) bond motifs is 12. The molecule has 0 aliphatic heterocycles. The van der Waals surface area contributed by atoms with Crippen LogP contribution in [0.15, 0.2) is 155 Å². The normalized spacial score (nSPS) is 13.6. The lowest BCUT2D eigenvalue weighted by Gasteiger charge is -2.21. The number of hydrogen-bond acceptors (Lipinski definition) is 2. The van der Waals surface area contributed by atoms with Crippen LogP contribution < -0.4 is 5.63 Å². The van der Waals surface area contributed by atoms with Gasteiger partial charge in [0, 0.05) is 49.1 Å². The van der Waals surface area contributed by atoms with Gasteiger partial charge >= 0.3 is 5.63 Å². The molecule has 0 radical (unpaired) electrons. The van der Waals surface area contributed by atoms with Crippen molar-refractivity contribution >= 4 is 65.4 Å². The summed E-state index contributed by atoms with van der Waals surface area (Å²) in [7, 11) is 0. The van der Waals surface area contributed by atoms with Crippen molar-refractivity contribution in [3.63, 3.8) is 0 Å². The van der Waals surface area contributed by atoms with E-state index >= 15 is 0 Å². The van der Waals surface area contributed by atoms with Crippen LogP contribution in [0.3, 0.4) is 0 Å². The predicted octanol–water partition coefficient (Wildman–Crippen LogP) is 11.4. The smallest absolute Gasteiger partial charge is 0.344 e. The second-order valence-electron chi connectivity index (χ2n) is 14.1. The van der Waals surface area contributed by atoms with E-state index in [0.717, 1.165) is 49.5 Å². The summed E-state index contributed by atoms with van der Waals surface area (Å²) in [6, 6.07) is 51.6. The van der Waals surface area contributed by atoms with Gasteiger partial charge in [0.25, 0.3) is 0 Å². The molecule has 0 bridgehead atoms. The van der Waals surface area contributed by atoms with Gasteiger partial charge in [0.1, 0.15) is 5.58 Å². The molecule has 4 nitrogen and oxygen atoms in total. The first-order valence-corrected chi connectivity index (χ1v) is 17.1. The maximum Gasteiger partial charge on any atom is 0.344 e. The lowest BCUT2D eigenvalue weighted by molar-refractivity contribution is 0.570. The van der Waals surface area contributed by atoms with Crippen LogP contribution in [-0.4, -0.2) is 9.13 Å². The van der Waals surface area contributed by atoms with Crippen molar-refractivity contribution < 1.29 is 4.42 Å². The lowest BCUT2D eigenvalue weighted by Crippen LogP contribution is -2.14. The highest BCUT2D eigenvalue weighted by molar-refractivity contribution is 6.18. The Morgan fingerprint density at radius 3 is 1.98 bits per heavy atom. The van der Waals surface area contributed by atoms with E-state index in [1.165, 1.54) is 38.5 Å². The Bertz CT molecular complexity index is 3140. The van der Waals surface area contributed by atoms with Crippen molar-refractivity contribution in [3.05, 3.63) is 167 Å². The summed E-state index contributed by atoms with van der Waals surface area (Å²) in [5, 5.41) is 7.08. The van der Waals surface area contributed by atoms with Gasteiger partial charge in [-0.25, -0.2) is 4.79 Å². The Balaban J connectivity index is 1.25. The zero-order valence-corrected chi connectivity index (χ0v) is 27.6. The molecule has 3 aromatic heterocycles. The SMILES string of the molecule is CC1(C)c2ccccc2-c2cc3c4cc(-n5c6ccccc6c6cc7c(cc65)c(=O)oc5ccccc57)ccc4n(-c4ccccc4)c3cc21. The van der Waals surface area contributed by atoms with E-state index in [1.54, 1.807) is 0 Å². The van der Waals surface area contributed by atoms with E-state index < -0.39 is 0 Å². The summed E-state index contributed by atoms with van der Waals surface area (Å²) >= 11 is 0. The molecule has 0 amide bonds. The fraction of sp³-hybridized carbons (Fsp3) is 0.0652. The van der Waals surface area contributed by atoms with E-state index in [9.17, 15) is 4.79 Å². The van der Waals surface area contributed by atoms with Crippen LogP contribution in [0, 0.1) is 0 Å². The second kappa shape index (κ2) is 9.61. The molecule has 0 fully saturated rings. The molecule has 3 heterocycles. The topological polar surface area (TPSA) is 40.1 Å². The van der Waals surface area contributed by atoms with Gasteiger partial charge < -0.3 is 13.6 Å². The standard InChI is InChI=1S/C46H30N2O2/c1-46(2)38-17-9-6-14-29(38)33-24-36-34-22-28(20-21-41(34)47(43(36)26-39(33)46)27-12-4-3-5-13-27)48-40-18-10-7-15-30(40)35-23-32-31-16-8-11-19-44(31)50-45(49)37(32)25-42(35)48/h3-26H,1-2H3. The highest BCUT2D eigenvalue weighted by atomic mass is 16.4. The van der Waals surface area contributed by atoms with Crippen molar-refractivity contribution in [2.24, 2.45) is 0 Å². The molecule has 7 aromatic carbocycles. The molecule has 0 N–H and O–H groups in total. The summed E-state index contributed by atoms with van der Waals surface area (Å²) in [6.07, 6.45) is 0. The molecule has 1 aliphatic carbocycles. The minimum Gasteiger partial charge on any atom is -0.422 e. The minimum absolute atomic E-state index is 0.104. The predicted molar refractivity (Wildman–Crippen MR) is 206 cm³/mol. The zero-order valence-electron chi connectivity index (χ0n) is 27.6. The molecule has 50 heavy (non-hydrogen) atoms. The maximum atomic E-state index is 13.4. The van der Waals surface area contributed by atoms with Crippen LogP contribution in [0.4, 0.5) is 0 Å². The first-order valence-electron chi connectivity index (χ1n) is 17.1. The van der Waals surface area contributed by atoms with Crippen LogP contribution in [0.5, 0.6) is 0 Å². The maximum absolute atomic E-state index is 13.4. The van der Waals surface area contributed by atoms with Crippen molar-refractivity contribution in [2.75, 3.05) is 0 Å². The number of hydrogen-bond donors (Lipinski definition) is 0. The van der Waals surface area contributed by atoms with Crippen molar-refractivity contribution in [1.82, 2.24) is 9.13 Å². The van der Waals surface area contributed by atoms with Gasteiger partial charge in [0.2, 0.25) is 0 Å². The van der Waals surface area contributed by atoms with E-state index in [2.05, 4.69) is 138 Å². The molecule has 0 atom stereocenters. The highest BCUT2D eigenvalue weighted by Gasteiger charge is 2.36. The minimum atomic E-state index is -0.323. The molecule has 4 heteroatoms. The van der Waals surface area contributed by atoms with Gasteiger partial charge in [0.15, 0.2) is 0 Å². The van der Waals surface area contributed by atoms with E-state index in [-0.39, 0.29) is 11.0 Å². The molecule has 1 aliphatic rings. The Hall–Kier alpha value is -6.39. The number of para-hydroxylation sites is 3. The molecule has 0 saturated heterocycles. The Labute approximate surface area is 287 Å². The highest BCUT2D eigenvalue weighted by Crippen LogP contribution is 2.51. The van der Waals surface area contributed by atoms with Crippen LogP contribution in [-0.2, 0) is 5.41 Å². The average Bonchev–Trinajstić information content (AvgIpc) is 3.73. The molecule has 10 aromatic rings. The van der Waals surface area contributed by atoms with Crippen molar-refractivity contribution in [2.45, 2.75) is 19.3 Å². The Kier molecular flexibility index (Phi) is 5.30. The molecule has 236 valence electrons. The van der Waals surface area contributed by atoms with Gasteiger partial charge in [-0.2, -0.15) is 0 Å². The summed E-state index contributed by atoms with van der Waals surface area (Å²) in [5.74, 6) is 0. The lowest BCUT2D eigenvalue weighted by atomic mass is 9.82. The largest absolute Gasteiger partial charge is 0.422 e. The van der Waals surface area contributed by atoms with Gasteiger partial charge in [0.05, 0.1) is 27.5 Å². The van der Waals surface area contributed by atoms with E-state index in [4.69, 9.17) is 4.42 Å².